The Bertz CT molecular complexity index is 1900. The van der Waals surface area contributed by atoms with E-state index >= 15 is 0 Å². The summed E-state index contributed by atoms with van der Waals surface area (Å²) in [5, 5.41) is 26.3. The van der Waals surface area contributed by atoms with Crippen molar-refractivity contribution in [3.05, 3.63) is 119 Å². The van der Waals surface area contributed by atoms with Gasteiger partial charge in [0.05, 0.1) is 24.4 Å². The van der Waals surface area contributed by atoms with Crippen LogP contribution in [0.4, 0.5) is 4.79 Å². The van der Waals surface area contributed by atoms with Gasteiger partial charge in [-0.3, -0.25) is 0 Å². The van der Waals surface area contributed by atoms with E-state index in [1.54, 1.807) is 18.3 Å². The lowest BCUT2D eigenvalue weighted by Crippen LogP contribution is -2.61. The maximum absolute atomic E-state index is 13.1. The topological polar surface area (TPSA) is 130 Å². The highest BCUT2D eigenvalue weighted by Crippen LogP contribution is 2.55. The number of amides is 2. The molecule has 9 nitrogen and oxygen atoms in total. The Kier molecular flexibility index (Phi) is 10.3. The lowest BCUT2D eigenvalue weighted by molar-refractivity contribution is -0.268. The Labute approximate surface area is 314 Å². The van der Waals surface area contributed by atoms with Gasteiger partial charge < -0.3 is 30.3 Å². The molecule has 1 saturated heterocycles. The van der Waals surface area contributed by atoms with Crippen molar-refractivity contribution in [3.8, 4) is 11.1 Å². The maximum atomic E-state index is 13.1. The summed E-state index contributed by atoms with van der Waals surface area (Å²) in [6.45, 7) is 2.50. The molecular formula is C43H47N3O6S. The van der Waals surface area contributed by atoms with E-state index in [0.717, 1.165) is 70.4 Å². The molecule has 4 aromatic rings. The van der Waals surface area contributed by atoms with E-state index in [9.17, 15) is 19.8 Å². The first-order valence-corrected chi connectivity index (χ1v) is 19.8. The molecule has 9 rings (SSSR count). The van der Waals surface area contributed by atoms with E-state index in [0.29, 0.717) is 17.3 Å². The van der Waals surface area contributed by atoms with Crippen molar-refractivity contribution in [1.29, 1.82) is 0 Å². The molecule has 2 heterocycles. The molecule has 10 heteroatoms. The molecule has 1 aliphatic heterocycles. The number of ether oxygens (including phenoxy) is 2. The van der Waals surface area contributed by atoms with Gasteiger partial charge in [-0.1, -0.05) is 73.7 Å². The minimum Gasteiger partial charge on any atom is -0.478 e. The monoisotopic (exact) mass is 733 g/mol. The highest BCUT2D eigenvalue weighted by Gasteiger charge is 2.51. The van der Waals surface area contributed by atoms with E-state index in [1.165, 1.54) is 31.0 Å². The quantitative estimate of drug-likeness (QED) is 0.113. The fourth-order valence-corrected chi connectivity index (χ4v) is 10.7. The summed E-state index contributed by atoms with van der Waals surface area (Å²) in [6.07, 6.45) is 7.82. The van der Waals surface area contributed by atoms with Crippen molar-refractivity contribution in [2.75, 3.05) is 5.75 Å². The largest absolute Gasteiger partial charge is 0.478 e. The number of hydrogen-bond donors (Lipinski definition) is 4. The molecule has 0 spiro atoms. The van der Waals surface area contributed by atoms with E-state index in [2.05, 4.69) is 46.8 Å². The van der Waals surface area contributed by atoms with Gasteiger partial charge in [0.2, 0.25) is 0 Å². The summed E-state index contributed by atoms with van der Waals surface area (Å²) < 4.78 is 13.3. The number of benzene rings is 3. The summed E-state index contributed by atoms with van der Waals surface area (Å²) in [5.74, 6) is 1.76. The molecule has 4 bridgehead atoms. The number of pyridine rings is 1. The van der Waals surface area contributed by atoms with Crippen molar-refractivity contribution in [3.63, 3.8) is 0 Å². The average molecular weight is 734 g/mol. The van der Waals surface area contributed by atoms with E-state index in [4.69, 9.17) is 9.47 Å². The average Bonchev–Trinajstić information content (AvgIpc) is 3.16. The van der Waals surface area contributed by atoms with Crippen LogP contribution in [-0.2, 0) is 22.6 Å². The van der Waals surface area contributed by atoms with Crippen molar-refractivity contribution in [2.45, 2.75) is 87.7 Å². The predicted octanol–water partition coefficient (Wildman–Crippen LogP) is 8.29. The predicted molar refractivity (Wildman–Crippen MR) is 203 cm³/mol. The van der Waals surface area contributed by atoms with E-state index < -0.39 is 12.3 Å². The van der Waals surface area contributed by atoms with Crippen LogP contribution < -0.4 is 10.6 Å². The minimum atomic E-state index is -1.01. The van der Waals surface area contributed by atoms with Crippen LogP contribution in [0.15, 0.2) is 96.2 Å². The van der Waals surface area contributed by atoms with Gasteiger partial charge in [-0.2, -0.15) is 0 Å². The summed E-state index contributed by atoms with van der Waals surface area (Å²) in [7, 11) is 0. The van der Waals surface area contributed by atoms with Crippen LogP contribution in [0.5, 0.6) is 0 Å². The van der Waals surface area contributed by atoms with Crippen molar-refractivity contribution < 1.29 is 29.3 Å². The fraction of sp³-hybridized carbons (Fsp3) is 0.419. The first-order chi connectivity index (χ1) is 25.7. The van der Waals surface area contributed by atoms with Gasteiger partial charge >= 0.3 is 12.0 Å². The molecule has 4 N–H and O–H groups in total. The van der Waals surface area contributed by atoms with Gasteiger partial charge in [-0.05, 0) is 102 Å². The number of hydrogen-bond acceptors (Lipinski definition) is 7. The lowest BCUT2D eigenvalue weighted by Gasteiger charge is -2.56. The second kappa shape index (κ2) is 15.3. The number of nitrogens with one attached hydrogen (secondary N) is 2. The molecule has 4 aliphatic carbocycles. The van der Waals surface area contributed by atoms with Crippen LogP contribution in [0.2, 0.25) is 0 Å². The number of aromatic nitrogens is 1. The summed E-state index contributed by atoms with van der Waals surface area (Å²) in [4.78, 5) is 29.3. The van der Waals surface area contributed by atoms with Crippen LogP contribution in [0.1, 0.15) is 90.5 Å². The SMILES string of the molecule is C[C@H]1[C@@H](CSc2ncccc2C(=O)O)O[C@@H](c2ccc(-c3cccc(CNC(=O)NC45CC6CC(CC(C6)C4)C5)c3)cc2)O[C@H]1c1ccc(CO)cc1. The molecule has 3 aromatic carbocycles. The van der Waals surface area contributed by atoms with Crippen LogP contribution >= 0.6 is 11.8 Å². The fourth-order valence-electron chi connectivity index (χ4n) is 9.56. The van der Waals surface area contributed by atoms with Crippen molar-refractivity contribution >= 4 is 23.8 Å². The molecule has 4 atom stereocenters. The Morgan fingerprint density at radius 3 is 2.23 bits per heavy atom. The van der Waals surface area contributed by atoms with E-state index in [1.807, 2.05) is 48.5 Å². The first kappa shape index (κ1) is 35.8. The van der Waals surface area contributed by atoms with Gasteiger partial charge in [0.1, 0.15) is 5.03 Å². The number of urea groups is 1. The van der Waals surface area contributed by atoms with Crippen molar-refractivity contribution in [2.24, 2.45) is 23.7 Å². The van der Waals surface area contributed by atoms with Crippen LogP contribution in [0.3, 0.4) is 0 Å². The van der Waals surface area contributed by atoms with Gasteiger partial charge in [0, 0.05) is 35.5 Å². The molecule has 53 heavy (non-hydrogen) atoms. The summed E-state index contributed by atoms with van der Waals surface area (Å²) in [5.41, 5.74) is 5.96. The number of nitrogens with zero attached hydrogens (tertiary/aromatic N) is 1. The zero-order valence-electron chi connectivity index (χ0n) is 29.9. The smallest absolute Gasteiger partial charge is 0.338 e. The number of aromatic carboxylic acids is 1. The third kappa shape index (κ3) is 7.87. The standard InChI is InChI=1S/C43H47N3O6S/c1-26-37(25-53-39-36(40(48)49)6-3-15-44-39)51-41(52-38(26)33-9-7-27(24-47)8-10-33)34-13-11-32(12-14-34)35-5-2-4-28(19-35)23-45-42(50)46-43-20-29-16-30(21-43)18-31(17-29)22-43/h2-15,19,26,29-31,37-38,41,47H,16-18,20-25H2,1H3,(H,48,49)(H2,45,46,50)/t26-,29?,30?,31?,37+,38+,41+,43?/m0/s1. The molecule has 2 amide bonds. The molecule has 5 fully saturated rings. The number of carboxylic acids is 1. The van der Waals surface area contributed by atoms with Gasteiger partial charge in [0.15, 0.2) is 6.29 Å². The Balaban J connectivity index is 0.947. The number of thioether (sulfide) groups is 1. The number of aliphatic hydroxyl groups is 1. The summed E-state index contributed by atoms with van der Waals surface area (Å²) in [6, 6.07) is 27.3. The van der Waals surface area contributed by atoms with Crippen LogP contribution in [0, 0.1) is 23.7 Å². The molecule has 0 radical (unpaired) electrons. The molecule has 4 saturated carbocycles. The van der Waals surface area contributed by atoms with Gasteiger partial charge in [-0.25, -0.2) is 14.6 Å². The molecule has 5 aliphatic rings. The van der Waals surface area contributed by atoms with Crippen LogP contribution in [-0.4, -0.2) is 44.6 Å². The number of carboxylic acid groups (broad SMARTS) is 1. The van der Waals surface area contributed by atoms with Gasteiger partial charge in [0.25, 0.3) is 0 Å². The molecule has 1 aromatic heterocycles. The zero-order chi connectivity index (χ0) is 36.5. The van der Waals surface area contributed by atoms with Gasteiger partial charge in [-0.15, -0.1) is 11.8 Å². The number of rotatable bonds is 11. The number of carbonyl (C=O) groups excluding carboxylic acids is 1. The Morgan fingerprint density at radius 2 is 1.55 bits per heavy atom. The maximum Gasteiger partial charge on any atom is 0.338 e. The molecule has 276 valence electrons. The zero-order valence-corrected chi connectivity index (χ0v) is 30.8. The number of aliphatic hydroxyl groups excluding tert-OH is 1. The highest BCUT2D eigenvalue weighted by molar-refractivity contribution is 7.99. The normalized spacial score (nSPS) is 28.8. The summed E-state index contributed by atoms with van der Waals surface area (Å²) >= 11 is 1.37. The highest BCUT2D eigenvalue weighted by atomic mass is 32.2. The molecular weight excluding hydrogens is 687 g/mol. The van der Waals surface area contributed by atoms with Crippen LogP contribution in [0.25, 0.3) is 11.1 Å². The Morgan fingerprint density at radius 1 is 0.849 bits per heavy atom. The van der Waals surface area contributed by atoms with Crippen molar-refractivity contribution in [1.82, 2.24) is 15.6 Å². The lowest BCUT2D eigenvalue weighted by atomic mass is 9.53. The second-order valence-electron chi connectivity index (χ2n) is 15.6. The minimum absolute atomic E-state index is 0.0153. The third-order valence-corrected chi connectivity index (χ3v) is 12.9. The number of carbonyl (C=O) groups is 2. The molecule has 0 unspecified atom stereocenters. The van der Waals surface area contributed by atoms with E-state index in [-0.39, 0.29) is 41.9 Å². The second-order valence-corrected chi connectivity index (χ2v) is 16.6. The Hall–Kier alpha value is -4.22. The first-order valence-electron chi connectivity index (χ1n) is 18.8. The third-order valence-electron chi connectivity index (χ3n) is 11.8.